The first kappa shape index (κ1) is 36.6. The SMILES string of the molecule is COc1cc(Cl)c(-c2nc(-c3ccccc3)c(-c3ccccc3)n2C2(c3cc(OC)c(OC)cc3Cl)N=C(c3ccccc3)C(c3ccccc3)=N2)cc1OC. The first-order valence-corrected chi connectivity index (χ1v) is 18.5. The third kappa shape index (κ3) is 6.36. The number of imidazole rings is 1. The Balaban J connectivity index is 1.62. The molecule has 0 unspecified atom stereocenters. The third-order valence-corrected chi connectivity index (χ3v) is 10.3. The minimum atomic E-state index is -1.65. The zero-order valence-corrected chi connectivity index (χ0v) is 32.5. The minimum Gasteiger partial charge on any atom is -0.493 e. The molecule has 0 saturated heterocycles. The van der Waals surface area contributed by atoms with Crippen molar-refractivity contribution in [1.82, 2.24) is 9.55 Å². The second-order valence-electron chi connectivity index (χ2n) is 12.9. The molecular weight excluding hydrogens is 743 g/mol. The second kappa shape index (κ2) is 15.4. The van der Waals surface area contributed by atoms with Crippen molar-refractivity contribution in [3.05, 3.63) is 172 Å². The first-order valence-electron chi connectivity index (χ1n) is 17.8. The van der Waals surface area contributed by atoms with E-state index in [1.165, 1.54) is 0 Å². The molecule has 7 aromatic rings. The van der Waals surface area contributed by atoms with Gasteiger partial charge in [-0.2, -0.15) is 0 Å². The van der Waals surface area contributed by atoms with E-state index in [1.54, 1.807) is 40.6 Å². The maximum absolute atomic E-state index is 7.41. The van der Waals surface area contributed by atoms with E-state index in [9.17, 15) is 0 Å². The quantitative estimate of drug-likeness (QED) is 0.131. The van der Waals surface area contributed by atoms with Gasteiger partial charge in [-0.3, -0.25) is 4.57 Å². The van der Waals surface area contributed by atoms with E-state index in [0.29, 0.717) is 67.1 Å². The van der Waals surface area contributed by atoms with Gasteiger partial charge in [0, 0.05) is 45.5 Å². The molecule has 8 nitrogen and oxygen atoms in total. The Morgan fingerprint density at radius 2 is 0.893 bits per heavy atom. The number of rotatable bonds is 11. The van der Waals surface area contributed by atoms with Crippen LogP contribution in [-0.4, -0.2) is 49.4 Å². The van der Waals surface area contributed by atoms with Gasteiger partial charge in [-0.1, -0.05) is 145 Å². The summed E-state index contributed by atoms with van der Waals surface area (Å²) in [6, 6.07) is 47.2. The highest BCUT2D eigenvalue weighted by Crippen LogP contribution is 2.51. The molecule has 0 atom stereocenters. The Hall–Kier alpha value is -6.35. The molecule has 0 N–H and O–H groups in total. The number of aromatic nitrogens is 2. The fourth-order valence-corrected chi connectivity index (χ4v) is 7.60. The monoisotopic (exact) mass is 778 g/mol. The fraction of sp³-hybridized carbons (Fsp3) is 0.109. The molecule has 278 valence electrons. The van der Waals surface area contributed by atoms with Crippen molar-refractivity contribution in [1.29, 1.82) is 0 Å². The third-order valence-electron chi connectivity index (χ3n) is 9.69. The molecule has 1 aliphatic rings. The van der Waals surface area contributed by atoms with Crippen molar-refractivity contribution in [3.63, 3.8) is 0 Å². The van der Waals surface area contributed by atoms with Gasteiger partial charge in [0.05, 0.1) is 61.3 Å². The number of methoxy groups -OCH3 is 4. The van der Waals surface area contributed by atoms with E-state index in [2.05, 4.69) is 0 Å². The Morgan fingerprint density at radius 1 is 0.482 bits per heavy atom. The zero-order valence-electron chi connectivity index (χ0n) is 31.0. The Kier molecular flexibility index (Phi) is 10.1. The van der Waals surface area contributed by atoms with Crippen LogP contribution in [0.4, 0.5) is 0 Å². The van der Waals surface area contributed by atoms with Crippen LogP contribution in [-0.2, 0) is 5.79 Å². The topological polar surface area (TPSA) is 79.5 Å². The van der Waals surface area contributed by atoms with Crippen molar-refractivity contribution in [2.45, 2.75) is 5.79 Å². The van der Waals surface area contributed by atoms with E-state index in [0.717, 1.165) is 27.9 Å². The molecule has 0 radical (unpaired) electrons. The van der Waals surface area contributed by atoms with Crippen LogP contribution >= 0.6 is 23.2 Å². The average molecular weight is 780 g/mol. The smallest absolute Gasteiger partial charge is 0.263 e. The lowest BCUT2D eigenvalue weighted by molar-refractivity contribution is 0.350. The Morgan fingerprint density at radius 3 is 1.38 bits per heavy atom. The molecule has 0 amide bonds. The second-order valence-corrected chi connectivity index (χ2v) is 13.7. The number of halogens is 2. The summed E-state index contributed by atoms with van der Waals surface area (Å²) in [5.41, 5.74) is 7.23. The van der Waals surface area contributed by atoms with Gasteiger partial charge < -0.3 is 18.9 Å². The molecule has 10 heteroatoms. The van der Waals surface area contributed by atoms with Gasteiger partial charge in [0.15, 0.2) is 23.0 Å². The van der Waals surface area contributed by atoms with Crippen molar-refractivity contribution in [3.8, 4) is 56.9 Å². The van der Waals surface area contributed by atoms with Crippen molar-refractivity contribution < 1.29 is 18.9 Å². The molecule has 8 rings (SSSR count). The van der Waals surface area contributed by atoms with Crippen LogP contribution in [0, 0.1) is 0 Å². The van der Waals surface area contributed by atoms with Gasteiger partial charge in [-0.15, -0.1) is 0 Å². The van der Waals surface area contributed by atoms with Crippen LogP contribution < -0.4 is 18.9 Å². The van der Waals surface area contributed by atoms with Gasteiger partial charge in [0.2, 0.25) is 0 Å². The molecule has 0 aliphatic carbocycles. The summed E-state index contributed by atoms with van der Waals surface area (Å²) in [6.45, 7) is 0. The Bertz CT molecular complexity index is 2540. The highest BCUT2D eigenvalue weighted by Gasteiger charge is 2.47. The van der Waals surface area contributed by atoms with E-state index in [4.69, 9.17) is 57.1 Å². The standard InChI is InChI=1S/C46H36Cl2N4O4/c1-53-37-25-33(35(47)27-39(37)55-3)45-49-43(31-21-13-7-14-22-31)44(32-23-15-8-16-24-32)52(45)46(34-26-38(54-2)40(56-4)28-36(34)48)50-41(29-17-9-5-10-18-29)42(51-46)30-19-11-6-12-20-30/h5-28H,1-4H3. The van der Waals surface area contributed by atoms with Gasteiger partial charge in [0.1, 0.15) is 5.82 Å². The highest BCUT2D eigenvalue weighted by molar-refractivity contribution is 6.54. The summed E-state index contributed by atoms with van der Waals surface area (Å²) in [5.74, 6) is 0.643. The lowest BCUT2D eigenvalue weighted by atomic mass is 10.0. The van der Waals surface area contributed by atoms with Crippen LogP contribution in [0.5, 0.6) is 23.0 Å². The summed E-state index contributed by atoms with van der Waals surface area (Å²) in [7, 11) is 6.32. The van der Waals surface area contributed by atoms with Crippen LogP contribution in [0.25, 0.3) is 33.9 Å². The summed E-state index contributed by atoms with van der Waals surface area (Å²) in [5, 5.41) is 0.717. The maximum Gasteiger partial charge on any atom is 0.263 e. The first-order chi connectivity index (χ1) is 27.4. The van der Waals surface area contributed by atoms with Crippen molar-refractivity contribution in [2.24, 2.45) is 9.98 Å². The molecule has 0 spiro atoms. The summed E-state index contributed by atoms with van der Waals surface area (Å²) < 4.78 is 25.2. The van der Waals surface area contributed by atoms with Crippen LogP contribution in [0.1, 0.15) is 16.7 Å². The lowest BCUT2D eigenvalue weighted by Gasteiger charge is -2.31. The minimum absolute atomic E-state index is 0.343. The summed E-state index contributed by atoms with van der Waals surface area (Å²) >= 11 is 14.7. The largest absolute Gasteiger partial charge is 0.493 e. The van der Waals surface area contributed by atoms with Gasteiger partial charge in [0.25, 0.3) is 5.79 Å². The van der Waals surface area contributed by atoms with Gasteiger partial charge in [-0.05, 0) is 12.1 Å². The molecule has 2 heterocycles. The predicted octanol–water partition coefficient (Wildman–Crippen LogP) is 10.9. The lowest BCUT2D eigenvalue weighted by Crippen LogP contribution is -2.32. The maximum atomic E-state index is 7.41. The van der Waals surface area contributed by atoms with E-state index < -0.39 is 5.79 Å². The number of aliphatic imine (C=N–C) groups is 2. The normalized spacial score (nSPS) is 13.2. The molecule has 6 aromatic carbocycles. The molecule has 1 aromatic heterocycles. The number of nitrogens with zero attached hydrogens (tertiary/aromatic N) is 4. The summed E-state index contributed by atoms with van der Waals surface area (Å²) in [4.78, 5) is 16.9. The Labute approximate surface area is 335 Å². The van der Waals surface area contributed by atoms with Crippen LogP contribution in [0.15, 0.2) is 156 Å². The molecule has 0 saturated carbocycles. The van der Waals surface area contributed by atoms with E-state index in [-0.39, 0.29) is 0 Å². The zero-order chi connectivity index (χ0) is 38.8. The molecule has 0 bridgehead atoms. The van der Waals surface area contributed by atoms with E-state index in [1.807, 2.05) is 138 Å². The van der Waals surface area contributed by atoms with Crippen molar-refractivity contribution in [2.75, 3.05) is 28.4 Å². The van der Waals surface area contributed by atoms with Crippen LogP contribution in [0.3, 0.4) is 0 Å². The summed E-state index contributed by atoms with van der Waals surface area (Å²) in [6.07, 6.45) is 0. The average Bonchev–Trinajstić information content (AvgIpc) is 3.86. The van der Waals surface area contributed by atoms with Crippen LogP contribution in [0.2, 0.25) is 10.0 Å². The predicted molar refractivity (Wildman–Crippen MR) is 224 cm³/mol. The van der Waals surface area contributed by atoms with Gasteiger partial charge in [-0.25, -0.2) is 15.0 Å². The molecule has 0 fully saturated rings. The number of hydrogen-bond acceptors (Lipinski definition) is 7. The molecular formula is C46H36Cl2N4O4. The number of benzene rings is 6. The van der Waals surface area contributed by atoms with Gasteiger partial charge >= 0.3 is 0 Å². The van der Waals surface area contributed by atoms with Crippen molar-refractivity contribution >= 4 is 34.6 Å². The number of ether oxygens (including phenoxy) is 4. The number of hydrogen-bond donors (Lipinski definition) is 0. The fourth-order valence-electron chi connectivity index (χ4n) is 7.08. The highest BCUT2D eigenvalue weighted by atomic mass is 35.5. The van der Waals surface area contributed by atoms with E-state index >= 15 is 0 Å². The molecule has 56 heavy (non-hydrogen) atoms. The molecule has 1 aliphatic heterocycles.